The molecule has 21 heavy (non-hydrogen) atoms. The zero-order valence-corrected chi connectivity index (χ0v) is 11.9. The zero-order valence-electron chi connectivity index (χ0n) is 11.9. The van der Waals surface area contributed by atoms with Crippen LogP contribution >= 0.6 is 0 Å². The topological polar surface area (TPSA) is 51.4 Å². The molecule has 0 spiro atoms. The van der Waals surface area contributed by atoms with Crippen LogP contribution in [0.1, 0.15) is 30.2 Å². The van der Waals surface area contributed by atoms with Crippen molar-refractivity contribution in [2.75, 3.05) is 13.1 Å². The molecule has 0 unspecified atom stereocenters. The number of piperidine rings is 1. The van der Waals surface area contributed by atoms with E-state index in [0.29, 0.717) is 12.0 Å². The first-order valence-electron chi connectivity index (χ1n) is 7.53. The fraction of sp³-hybridized carbons (Fsp3) is 0.500. The second-order valence-corrected chi connectivity index (χ2v) is 5.95. The molecule has 2 aliphatic rings. The molecule has 4 heterocycles. The Balaban J connectivity index is 1.40. The molecule has 2 aromatic heterocycles. The monoisotopic (exact) mass is 285 g/mol. The van der Waals surface area contributed by atoms with Crippen LogP contribution in [0.25, 0.3) is 0 Å². The average molecular weight is 285 g/mol. The lowest BCUT2D eigenvalue weighted by Crippen LogP contribution is -2.41. The summed E-state index contributed by atoms with van der Waals surface area (Å²) in [6.45, 7) is 3.07. The Morgan fingerprint density at radius 1 is 1.33 bits per heavy atom. The first kappa shape index (κ1) is 13.0. The number of hydrogen-bond acceptors (Lipinski definition) is 5. The molecule has 5 heteroatoms. The van der Waals surface area contributed by atoms with Crippen molar-refractivity contribution in [1.82, 2.24) is 14.9 Å². The van der Waals surface area contributed by atoms with Gasteiger partial charge in [-0.3, -0.25) is 4.90 Å². The number of rotatable bonds is 3. The van der Waals surface area contributed by atoms with Crippen LogP contribution in [0.3, 0.4) is 0 Å². The average Bonchev–Trinajstić information content (AvgIpc) is 3.17. The summed E-state index contributed by atoms with van der Waals surface area (Å²) in [6, 6.07) is 4.00. The maximum Gasteiger partial charge on any atom is 0.115 e. The van der Waals surface area contributed by atoms with E-state index >= 15 is 0 Å². The summed E-state index contributed by atoms with van der Waals surface area (Å²) in [5.41, 5.74) is 2.25. The first-order chi connectivity index (χ1) is 10.4. The Labute approximate surface area is 124 Å². The zero-order chi connectivity index (χ0) is 14.1. The van der Waals surface area contributed by atoms with E-state index in [-0.39, 0.29) is 6.10 Å². The largest absolute Gasteiger partial charge is 0.472 e. The predicted molar refractivity (Wildman–Crippen MR) is 76.4 cm³/mol. The van der Waals surface area contributed by atoms with Gasteiger partial charge in [-0.05, 0) is 37.4 Å². The number of likely N-dealkylation sites (tertiary alicyclic amines) is 1. The van der Waals surface area contributed by atoms with Gasteiger partial charge in [-0.25, -0.2) is 9.97 Å². The van der Waals surface area contributed by atoms with Crippen molar-refractivity contribution in [3.05, 3.63) is 48.4 Å². The third-order valence-electron chi connectivity index (χ3n) is 4.56. The van der Waals surface area contributed by atoms with Crippen molar-refractivity contribution in [2.24, 2.45) is 5.92 Å². The van der Waals surface area contributed by atoms with Gasteiger partial charge in [0.25, 0.3) is 0 Å². The fourth-order valence-electron chi connectivity index (χ4n) is 3.46. The molecule has 0 bridgehead atoms. The van der Waals surface area contributed by atoms with E-state index in [9.17, 15) is 0 Å². The third kappa shape index (κ3) is 2.71. The number of fused-ring (bicyclic) bond motifs is 1. The second kappa shape index (κ2) is 5.58. The van der Waals surface area contributed by atoms with Gasteiger partial charge in [0.1, 0.15) is 12.4 Å². The summed E-state index contributed by atoms with van der Waals surface area (Å²) in [6.07, 6.45) is 9.70. The second-order valence-electron chi connectivity index (χ2n) is 5.95. The Morgan fingerprint density at radius 2 is 2.33 bits per heavy atom. The lowest BCUT2D eigenvalue weighted by molar-refractivity contribution is -0.0107. The highest BCUT2D eigenvalue weighted by atomic mass is 16.5. The molecule has 0 saturated carbocycles. The van der Waals surface area contributed by atoms with Crippen LogP contribution in [0.5, 0.6) is 0 Å². The number of furan rings is 1. The van der Waals surface area contributed by atoms with Crippen LogP contribution in [0.4, 0.5) is 0 Å². The van der Waals surface area contributed by atoms with E-state index in [1.807, 2.05) is 18.4 Å². The Morgan fingerprint density at radius 3 is 3.14 bits per heavy atom. The summed E-state index contributed by atoms with van der Waals surface area (Å²) in [4.78, 5) is 10.8. The summed E-state index contributed by atoms with van der Waals surface area (Å²) in [5.74, 6) is 0.658. The highest BCUT2D eigenvalue weighted by Gasteiger charge is 2.39. The van der Waals surface area contributed by atoms with Gasteiger partial charge in [0.2, 0.25) is 0 Å². The van der Waals surface area contributed by atoms with Gasteiger partial charge in [-0.15, -0.1) is 0 Å². The molecule has 2 aliphatic heterocycles. The number of ether oxygens (including phenoxy) is 1. The number of aromatic nitrogens is 2. The summed E-state index contributed by atoms with van der Waals surface area (Å²) < 4.78 is 11.4. The Bertz CT molecular complexity index is 572. The van der Waals surface area contributed by atoms with Crippen LogP contribution in [-0.4, -0.2) is 34.1 Å². The minimum atomic E-state index is 0.136. The van der Waals surface area contributed by atoms with Crippen molar-refractivity contribution in [3.63, 3.8) is 0 Å². The van der Waals surface area contributed by atoms with Crippen molar-refractivity contribution >= 4 is 0 Å². The standard InChI is InChI=1S/C16H19N3O2/c1-4-17-11-18-14(1)15-7-13-2-5-19(9-16(13)21-15)8-12-3-6-20-10-12/h1,3-4,6,10-11,13,15-16H,2,5,7-9H2/t13-,15-,16+/m1/s1. The maximum atomic E-state index is 6.25. The summed E-state index contributed by atoms with van der Waals surface area (Å²) in [5, 5.41) is 0. The van der Waals surface area contributed by atoms with Gasteiger partial charge in [0.05, 0.1) is 24.3 Å². The predicted octanol–water partition coefficient (Wildman–Crippen LogP) is 2.42. The van der Waals surface area contributed by atoms with Crippen molar-refractivity contribution in [1.29, 1.82) is 0 Å². The van der Waals surface area contributed by atoms with Gasteiger partial charge < -0.3 is 9.15 Å². The summed E-state index contributed by atoms with van der Waals surface area (Å²) >= 11 is 0. The fourth-order valence-corrected chi connectivity index (χ4v) is 3.46. The third-order valence-corrected chi connectivity index (χ3v) is 4.56. The van der Waals surface area contributed by atoms with Crippen LogP contribution in [0, 0.1) is 5.92 Å². The molecule has 2 saturated heterocycles. The molecule has 2 fully saturated rings. The van der Waals surface area contributed by atoms with Crippen molar-refractivity contribution in [3.8, 4) is 0 Å². The van der Waals surface area contributed by atoms with Gasteiger partial charge >= 0.3 is 0 Å². The van der Waals surface area contributed by atoms with E-state index in [4.69, 9.17) is 9.15 Å². The quantitative estimate of drug-likeness (QED) is 0.867. The van der Waals surface area contributed by atoms with E-state index < -0.39 is 0 Å². The van der Waals surface area contributed by atoms with Gasteiger partial charge in [0.15, 0.2) is 0 Å². The molecule has 5 nitrogen and oxygen atoms in total. The summed E-state index contributed by atoms with van der Waals surface area (Å²) in [7, 11) is 0. The minimum Gasteiger partial charge on any atom is -0.472 e. The first-order valence-corrected chi connectivity index (χ1v) is 7.53. The molecule has 0 amide bonds. The van der Waals surface area contributed by atoms with Crippen LogP contribution in [0.2, 0.25) is 0 Å². The molecule has 2 aromatic rings. The van der Waals surface area contributed by atoms with Crippen molar-refractivity contribution in [2.45, 2.75) is 31.6 Å². The number of nitrogens with zero attached hydrogens (tertiary/aromatic N) is 3. The van der Waals surface area contributed by atoms with Gasteiger partial charge in [-0.2, -0.15) is 0 Å². The van der Waals surface area contributed by atoms with E-state index in [1.54, 1.807) is 18.8 Å². The molecule has 0 N–H and O–H groups in total. The number of hydrogen-bond donors (Lipinski definition) is 0. The normalized spacial score (nSPS) is 29.4. The van der Waals surface area contributed by atoms with E-state index in [0.717, 1.165) is 31.7 Å². The molecule has 3 atom stereocenters. The smallest absolute Gasteiger partial charge is 0.115 e. The molecule has 0 radical (unpaired) electrons. The van der Waals surface area contributed by atoms with Gasteiger partial charge in [-0.1, -0.05) is 0 Å². The lowest BCUT2D eigenvalue weighted by atomic mass is 9.91. The SMILES string of the molecule is c1cc([C@H]2C[C@H]3CCN(Cc4ccoc4)C[C@@H]3O2)ncn1. The Hall–Kier alpha value is -1.72. The Kier molecular flexibility index (Phi) is 3.45. The van der Waals surface area contributed by atoms with Crippen molar-refractivity contribution < 1.29 is 9.15 Å². The van der Waals surface area contributed by atoms with Crippen LogP contribution in [0.15, 0.2) is 41.6 Å². The molecule has 0 aliphatic carbocycles. The van der Waals surface area contributed by atoms with Crippen LogP contribution in [-0.2, 0) is 11.3 Å². The minimum absolute atomic E-state index is 0.136. The molecule has 4 rings (SSSR count). The lowest BCUT2D eigenvalue weighted by Gasteiger charge is -2.33. The highest BCUT2D eigenvalue weighted by molar-refractivity contribution is 5.08. The van der Waals surface area contributed by atoms with Crippen LogP contribution < -0.4 is 0 Å². The van der Waals surface area contributed by atoms with E-state index in [1.165, 1.54) is 12.0 Å². The highest BCUT2D eigenvalue weighted by Crippen LogP contribution is 2.40. The van der Waals surface area contributed by atoms with E-state index in [2.05, 4.69) is 14.9 Å². The molecular formula is C16H19N3O2. The molecule has 110 valence electrons. The molecular weight excluding hydrogens is 266 g/mol. The van der Waals surface area contributed by atoms with Gasteiger partial charge in [0, 0.05) is 24.8 Å². The maximum absolute atomic E-state index is 6.25. The molecule has 0 aromatic carbocycles.